The molecule has 45 heavy (non-hydrogen) atoms. The molecule has 0 saturated heterocycles. The Morgan fingerprint density at radius 1 is 0.889 bits per heavy atom. The van der Waals surface area contributed by atoms with E-state index in [1.165, 1.54) is 45.1 Å². The molecular weight excluding hydrogens is 733 g/mol. The van der Waals surface area contributed by atoms with Crippen LogP contribution in [0.15, 0.2) is 66.6 Å². The first-order valence-corrected chi connectivity index (χ1v) is 15.8. The molecule has 0 saturated carbocycles. The van der Waals surface area contributed by atoms with Crippen molar-refractivity contribution in [3.05, 3.63) is 95.1 Å². The minimum atomic E-state index is -0.417. The average Bonchev–Trinajstić information content (AvgIpc) is 2.94. The maximum atomic E-state index is 11.5. The third-order valence-corrected chi connectivity index (χ3v) is 8.16. The SMILES string of the molecule is CC(C)(C)C(=O)/C=C(\O)C(C)(C)C.CC(C)c1ccc2c(n1)CCc1c-2ccnc1-c1[c-]c2ccccc2c(C(C)(C)C)c1.[Ir]. The quantitative estimate of drug-likeness (QED) is 0.128. The van der Waals surface area contributed by atoms with Crippen molar-refractivity contribution in [2.24, 2.45) is 10.8 Å². The topological polar surface area (TPSA) is 63.1 Å². The summed E-state index contributed by atoms with van der Waals surface area (Å²) in [5.41, 5.74) is 9.02. The van der Waals surface area contributed by atoms with Gasteiger partial charge >= 0.3 is 0 Å². The van der Waals surface area contributed by atoms with Gasteiger partial charge in [-0.1, -0.05) is 111 Å². The number of hydrogen-bond donors (Lipinski definition) is 1. The van der Waals surface area contributed by atoms with Crippen molar-refractivity contribution in [2.45, 2.75) is 100 Å². The van der Waals surface area contributed by atoms with E-state index in [0.29, 0.717) is 5.92 Å². The molecule has 2 aromatic heterocycles. The molecule has 1 N–H and O–H groups in total. The Bertz CT molecular complexity index is 1710. The van der Waals surface area contributed by atoms with Gasteiger partial charge in [-0.2, -0.15) is 0 Å². The van der Waals surface area contributed by atoms with Crippen molar-refractivity contribution >= 4 is 16.6 Å². The number of allylic oxidation sites excluding steroid dienone is 2. The molecule has 5 heteroatoms. The van der Waals surface area contributed by atoms with E-state index in [1.807, 2.05) is 47.7 Å². The van der Waals surface area contributed by atoms with Crippen molar-refractivity contribution in [1.82, 2.24) is 9.97 Å². The van der Waals surface area contributed by atoms with E-state index in [2.05, 4.69) is 89.2 Å². The number of aromatic nitrogens is 2. The van der Waals surface area contributed by atoms with Crippen molar-refractivity contribution < 1.29 is 30.0 Å². The van der Waals surface area contributed by atoms with Crippen LogP contribution in [0.25, 0.3) is 33.2 Å². The number of carbonyl (C=O) groups is 1. The summed E-state index contributed by atoms with van der Waals surface area (Å²) in [4.78, 5) is 21.3. The second kappa shape index (κ2) is 13.7. The Morgan fingerprint density at radius 2 is 1.56 bits per heavy atom. The van der Waals surface area contributed by atoms with E-state index in [0.717, 1.165) is 29.5 Å². The number of rotatable bonds is 3. The van der Waals surface area contributed by atoms with Gasteiger partial charge in [0.05, 0.1) is 0 Å². The van der Waals surface area contributed by atoms with E-state index in [-0.39, 0.29) is 42.5 Å². The van der Waals surface area contributed by atoms with Gasteiger partial charge in [0.1, 0.15) is 5.76 Å². The fraction of sp³-hybridized carbons (Fsp3) is 0.425. The minimum Gasteiger partial charge on any atom is -0.512 e. The first-order chi connectivity index (χ1) is 20.4. The zero-order valence-corrected chi connectivity index (χ0v) is 31.2. The van der Waals surface area contributed by atoms with E-state index >= 15 is 0 Å². The molecule has 0 spiro atoms. The second-order valence-electron chi connectivity index (χ2n) is 15.4. The van der Waals surface area contributed by atoms with E-state index in [4.69, 9.17) is 9.97 Å². The van der Waals surface area contributed by atoms with Crippen LogP contribution in [0.2, 0.25) is 0 Å². The molecule has 2 aromatic carbocycles. The van der Waals surface area contributed by atoms with Gasteiger partial charge in [0.25, 0.3) is 0 Å². The number of aryl methyl sites for hydroxylation is 1. The molecule has 1 radical (unpaired) electrons. The Balaban J connectivity index is 0.000000338. The first kappa shape index (κ1) is 36.3. The molecule has 0 atom stereocenters. The summed E-state index contributed by atoms with van der Waals surface area (Å²) in [6.45, 7) is 22.4. The summed E-state index contributed by atoms with van der Waals surface area (Å²) >= 11 is 0. The summed E-state index contributed by atoms with van der Waals surface area (Å²) in [7, 11) is 0. The summed E-state index contributed by atoms with van der Waals surface area (Å²) in [5.74, 6) is 0.551. The predicted molar refractivity (Wildman–Crippen MR) is 184 cm³/mol. The zero-order valence-electron chi connectivity index (χ0n) is 28.8. The van der Waals surface area contributed by atoms with Crippen LogP contribution in [0, 0.1) is 16.9 Å². The number of fused-ring (bicyclic) bond motifs is 4. The number of ketones is 1. The maximum absolute atomic E-state index is 11.5. The van der Waals surface area contributed by atoms with Crippen molar-refractivity contribution in [1.29, 1.82) is 0 Å². The number of aliphatic hydroxyl groups excluding tert-OH is 1. The Labute approximate surface area is 284 Å². The normalized spacial score (nSPS) is 13.4. The maximum Gasteiger partial charge on any atom is 0.164 e. The monoisotopic (exact) mass is 782 g/mol. The van der Waals surface area contributed by atoms with Gasteiger partial charge in [0.2, 0.25) is 0 Å². The Morgan fingerprint density at radius 3 is 2.16 bits per heavy atom. The number of aliphatic hydroxyl groups is 1. The van der Waals surface area contributed by atoms with Crippen molar-refractivity contribution in [3.63, 3.8) is 0 Å². The van der Waals surface area contributed by atoms with Crippen molar-refractivity contribution in [2.75, 3.05) is 0 Å². The number of hydrogen-bond acceptors (Lipinski definition) is 4. The number of pyridine rings is 2. The van der Waals surface area contributed by atoms with Crippen LogP contribution in [0.5, 0.6) is 0 Å². The van der Waals surface area contributed by atoms with E-state index < -0.39 is 5.41 Å². The predicted octanol–water partition coefficient (Wildman–Crippen LogP) is 10.4. The molecule has 0 bridgehead atoms. The Hall–Kier alpha value is -3.14. The molecular formula is C40H49IrN2O2-. The second-order valence-corrected chi connectivity index (χ2v) is 15.4. The summed E-state index contributed by atoms with van der Waals surface area (Å²) in [5, 5.41) is 12.0. The van der Waals surface area contributed by atoms with Gasteiger partial charge in [-0.3, -0.25) is 14.8 Å². The third kappa shape index (κ3) is 8.37. The number of carbonyl (C=O) groups excluding carboxylic acids is 1. The van der Waals surface area contributed by atoms with E-state index in [9.17, 15) is 9.90 Å². The standard InChI is InChI=1S/C29H29N2.C11H20O2.Ir/c1-18(2)26-12-10-23-22-14-15-30-28(24(22)11-13-27(23)31-26)20-16-19-8-6-7-9-21(19)25(17-20)29(3,4)5;1-10(2,3)8(12)7-9(13)11(4,5)6;/h6-10,12,14-15,17-18H,11,13H2,1-5H3;7,12H,1-6H3;/q-1;;/b;8-7-;. The molecule has 1 aliphatic rings. The van der Waals surface area contributed by atoms with Gasteiger partial charge < -0.3 is 5.11 Å². The molecule has 5 rings (SSSR count). The van der Waals surface area contributed by atoms with Crippen LogP contribution < -0.4 is 0 Å². The van der Waals surface area contributed by atoms with Crippen LogP contribution >= 0.6 is 0 Å². The van der Waals surface area contributed by atoms with Gasteiger partial charge in [-0.15, -0.1) is 29.1 Å². The Kier molecular flexibility index (Phi) is 11.1. The summed E-state index contributed by atoms with van der Waals surface area (Å²) in [6.07, 6.45) is 5.20. The average molecular weight is 782 g/mol. The zero-order chi connectivity index (χ0) is 32.6. The molecule has 4 aromatic rings. The molecule has 2 heterocycles. The van der Waals surface area contributed by atoms with E-state index in [1.54, 1.807) is 0 Å². The van der Waals surface area contributed by atoms with Gasteiger partial charge in [-0.05, 0) is 47.4 Å². The number of benzene rings is 2. The molecule has 0 unspecified atom stereocenters. The van der Waals surface area contributed by atoms with Crippen LogP contribution in [-0.2, 0) is 43.2 Å². The minimum absolute atomic E-state index is 0. The molecule has 0 amide bonds. The molecule has 0 aliphatic heterocycles. The van der Waals surface area contributed by atoms with Crippen LogP contribution in [0.4, 0.5) is 0 Å². The fourth-order valence-corrected chi connectivity index (χ4v) is 5.28. The molecule has 0 fully saturated rings. The molecule has 4 nitrogen and oxygen atoms in total. The van der Waals surface area contributed by atoms with Crippen LogP contribution in [0.3, 0.4) is 0 Å². The molecule has 1 aliphatic carbocycles. The summed E-state index contributed by atoms with van der Waals surface area (Å²) in [6, 6.07) is 21.1. The smallest absolute Gasteiger partial charge is 0.164 e. The van der Waals surface area contributed by atoms with Crippen LogP contribution in [-0.4, -0.2) is 20.9 Å². The summed E-state index contributed by atoms with van der Waals surface area (Å²) < 4.78 is 0. The molecule has 241 valence electrons. The fourth-order valence-electron chi connectivity index (χ4n) is 5.28. The van der Waals surface area contributed by atoms with Gasteiger partial charge in [0, 0.05) is 65.9 Å². The van der Waals surface area contributed by atoms with Gasteiger partial charge in [-0.25, -0.2) is 0 Å². The van der Waals surface area contributed by atoms with Crippen LogP contribution in [0.1, 0.15) is 105 Å². The third-order valence-electron chi connectivity index (χ3n) is 8.16. The number of nitrogens with zero attached hydrogens (tertiary/aromatic N) is 2. The largest absolute Gasteiger partial charge is 0.512 e. The first-order valence-electron chi connectivity index (χ1n) is 15.8. The van der Waals surface area contributed by atoms with Crippen molar-refractivity contribution in [3.8, 4) is 22.4 Å². The van der Waals surface area contributed by atoms with Gasteiger partial charge in [0.15, 0.2) is 5.78 Å².